The number of hydrogen-bond acceptors (Lipinski definition) is 7. The highest BCUT2D eigenvalue weighted by molar-refractivity contribution is 7.89. The fourth-order valence-corrected chi connectivity index (χ4v) is 7.27. The predicted molar refractivity (Wildman–Crippen MR) is 150 cm³/mol. The third-order valence-corrected chi connectivity index (χ3v) is 9.97. The number of aromatic nitrogens is 5. The molecule has 0 radical (unpaired) electrons. The molecule has 42 heavy (non-hydrogen) atoms. The molecule has 1 aliphatic carbocycles. The standard InChI is InChI=1S/C28H32F3N7O3S/c1-4-32-25-12-22-21(13-33-25)26(18-7-10-24-19(11-18)14-37(3)42(24,39)40)34-38(22)20-8-5-17(6-9-20)16-41-23-15-36(2)35-27(23)28(29,30)31/h7,10-13,15,17,20H,4-6,8-9,14,16H2,1-3H3,(H,32,33). The van der Waals surface area contributed by atoms with Gasteiger partial charge in [0.15, 0.2) is 5.75 Å². The van der Waals surface area contributed by atoms with Gasteiger partial charge in [0.1, 0.15) is 11.5 Å². The van der Waals surface area contributed by atoms with Gasteiger partial charge in [0.25, 0.3) is 0 Å². The zero-order valence-corrected chi connectivity index (χ0v) is 24.3. The molecule has 0 amide bonds. The minimum Gasteiger partial charge on any atom is -0.489 e. The van der Waals surface area contributed by atoms with Crippen LogP contribution in [0.4, 0.5) is 19.0 Å². The number of sulfonamides is 1. The Morgan fingerprint density at radius 1 is 1.10 bits per heavy atom. The first kappa shape index (κ1) is 28.5. The molecule has 3 aromatic heterocycles. The van der Waals surface area contributed by atoms with Crippen LogP contribution in [0.25, 0.3) is 22.2 Å². The molecule has 0 saturated heterocycles. The van der Waals surface area contributed by atoms with E-state index in [2.05, 4.69) is 15.4 Å². The molecule has 1 saturated carbocycles. The van der Waals surface area contributed by atoms with Crippen molar-refractivity contribution >= 4 is 26.7 Å². The molecule has 4 heterocycles. The van der Waals surface area contributed by atoms with Crippen molar-refractivity contribution in [3.63, 3.8) is 0 Å². The second-order valence-corrected chi connectivity index (χ2v) is 13.0. The largest absolute Gasteiger partial charge is 0.489 e. The highest BCUT2D eigenvalue weighted by atomic mass is 32.2. The lowest BCUT2D eigenvalue weighted by Gasteiger charge is -2.29. The monoisotopic (exact) mass is 603 g/mol. The van der Waals surface area contributed by atoms with Crippen LogP contribution in [0, 0.1) is 5.92 Å². The third-order valence-electron chi connectivity index (χ3n) is 8.07. The highest BCUT2D eigenvalue weighted by Crippen LogP contribution is 2.40. The molecule has 0 atom stereocenters. The van der Waals surface area contributed by atoms with E-state index in [0.29, 0.717) is 18.0 Å². The Bertz CT molecular complexity index is 1740. The molecular formula is C28H32F3N7O3S. The summed E-state index contributed by atoms with van der Waals surface area (Å²) in [6.07, 6.45) is 1.61. The first-order chi connectivity index (χ1) is 20.0. The van der Waals surface area contributed by atoms with Crippen LogP contribution in [0.3, 0.4) is 0 Å². The first-order valence-electron chi connectivity index (χ1n) is 13.9. The molecule has 4 aromatic rings. The summed E-state index contributed by atoms with van der Waals surface area (Å²) in [4.78, 5) is 4.89. The number of fused-ring (bicyclic) bond motifs is 2. The number of alkyl halides is 3. The van der Waals surface area contributed by atoms with Crippen molar-refractivity contribution in [3.05, 3.63) is 47.9 Å². The summed E-state index contributed by atoms with van der Waals surface area (Å²) >= 11 is 0. The van der Waals surface area contributed by atoms with Gasteiger partial charge >= 0.3 is 6.18 Å². The van der Waals surface area contributed by atoms with Crippen molar-refractivity contribution in [2.75, 3.05) is 25.5 Å². The highest BCUT2D eigenvalue weighted by Gasteiger charge is 2.38. The van der Waals surface area contributed by atoms with Gasteiger partial charge in [-0.3, -0.25) is 9.36 Å². The molecule has 1 aliphatic heterocycles. The van der Waals surface area contributed by atoms with Gasteiger partial charge in [0.05, 0.1) is 29.3 Å². The Morgan fingerprint density at radius 3 is 2.57 bits per heavy atom. The fraction of sp³-hybridized carbons (Fsp3) is 0.464. The van der Waals surface area contributed by atoms with Gasteiger partial charge in [-0.1, -0.05) is 6.07 Å². The number of aryl methyl sites for hydroxylation is 1. The van der Waals surface area contributed by atoms with Gasteiger partial charge < -0.3 is 10.1 Å². The molecule has 2 aliphatic rings. The van der Waals surface area contributed by atoms with Gasteiger partial charge in [-0.2, -0.15) is 27.7 Å². The molecular weight excluding hydrogens is 571 g/mol. The Labute approximate surface area is 241 Å². The quantitative estimate of drug-likeness (QED) is 0.308. The van der Waals surface area contributed by atoms with Crippen molar-refractivity contribution in [2.24, 2.45) is 13.0 Å². The minimum atomic E-state index is -4.57. The van der Waals surface area contributed by atoms with E-state index in [4.69, 9.17) is 9.84 Å². The predicted octanol–water partition coefficient (Wildman–Crippen LogP) is 5.23. The zero-order chi connectivity index (χ0) is 29.8. The van der Waals surface area contributed by atoms with E-state index in [-0.39, 0.29) is 24.3 Å². The third kappa shape index (κ3) is 5.10. The van der Waals surface area contributed by atoms with Gasteiger partial charge in [0.2, 0.25) is 15.7 Å². The zero-order valence-electron chi connectivity index (χ0n) is 23.5. The van der Waals surface area contributed by atoms with Crippen LogP contribution in [-0.2, 0) is 29.8 Å². The number of rotatable bonds is 7. The minimum absolute atomic E-state index is 0.0828. The first-order valence-corrected chi connectivity index (χ1v) is 15.3. The van der Waals surface area contributed by atoms with Gasteiger partial charge in [0, 0.05) is 50.4 Å². The average molecular weight is 604 g/mol. The van der Waals surface area contributed by atoms with E-state index in [1.165, 1.54) is 17.5 Å². The van der Waals surface area contributed by atoms with Crippen LogP contribution < -0.4 is 10.1 Å². The number of nitrogens with one attached hydrogen (secondary N) is 1. The van der Waals surface area contributed by atoms with Crippen LogP contribution in [0.2, 0.25) is 0 Å². The van der Waals surface area contributed by atoms with E-state index in [1.54, 1.807) is 25.4 Å². The molecule has 14 heteroatoms. The number of halogens is 3. The molecule has 10 nitrogen and oxygen atoms in total. The molecule has 1 fully saturated rings. The lowest BCUT2D eigenvalue weighted by molar-refractivity contribution is -0.142. The number of ether oxygens (including phenoxy) is 1. The second-order valence-electron chi connectivity index (χ2n) is 11.0. The van der Waals surface area contributed by atoms with Crippen molar-refractivity contribution in [1.82, 2.24) is 28.9 Å². The number of nitrogens with zero attached hydrogens (tertiary/aromatic N) is 6. The summed E-state index contributed by atoms with van der Waals surface area (Å²) in [6.45, 7) is 3.21. The van der Waals surface area contributed by atoms with Crippen LogP contribution >= 0.6 is 0 Å². The summed E-state index contributed by atoms with van der Waals surface area (Å²) in [5.74, 6) is 0.600. The van der Waals surface area contributed by atoms with E-state index in [0.717, 1.165) is 63.9 Å². The lowest BCUT2D eigenvalue weighted by atomic mass is 9.86. The molecule has 0 bridgehead atoms. The summed E-state index contributed by atoms with van der Waals surface area (Å²) in [7, 11) is -0.461. The summed E-state index contributed by atoms with van der Waals surface area (Å²) < 4.78 is 75.2. The van der Waals surface area contributed by atoms with Crippen molar-refractivity contribution in [2.45, 2.75) is 56.3 Å². The van der Waals surface area contributed by atoms with Gasteiger partial charge in [-0.25, -0.2) is 13.4 Å². The average Bonchev–Trinajstić information content (AvgIpc) is 3.58. The van der Waals surface area contributed by atoms with Crippen LogP contribution in [0.1, 0.15) is 49.9 Å². The molecule has 1 aromatic carbocycles. The van der Waals surface area contributed by atoms with Crippen LogP contribution in [0.15, 0.2) is 41.6 Å². The van der Waals surface area contributed by atoms with E-state index in [9.17, 15) is 21.6 Å². The number of benzene rings is 1. The second kappa shape index (κ2) is 10.6. The lowest BCUT2D eigenvalue weighted by Crippen LogP contribution is -2.23. The van der Waals surface area contributed by atoms with Crippen LogP contribution in [-0.4, -0.2) is 57.5 Å². The molecule has 0 unspecified atom stereocenters. The number of anilines is 1. The van der Waals surface area contributed by atoms with E-state index < -0.39 is 21.9 Å². The Morgan fingerprint density at radius 2 is 1.86 bits per heavy atom. The van der Waals surface area contributed by atoms with E-state index in [1.807, 2.05) is 23.7 Å². The molecule has 0 spiro atoms. The Kier molecular flexibility index (Phi) is 7.16. The summed E-state index contributed by atoms with van der Waals surface area (Å²) in [5, 5.41) is 12.7. The SMILES string of the molecule is CCNc1cc2c(cn1)c(-c1ccc3c(c1)CN(C)S3(=O)=O)nn2C1CCC(COc2cn(C)nc2C(F)(F)F)CC1. The maximum Gasteiger partial charge on any atom is 0.438 e. The maximum absolute atomic E-state index is 13.3. The van der Waals surface area contributed by atoms with Crippen LogP contribution in [0.5, 0.6) is 5.75 Å². The summed E-state index contributed by atoms with van der Waals surface area (Å²) in [6, 6.07) is 7.40. The summed E-state index contributed by atoms with van der Waals surface area (Å²) in [5.41, 5.74) is 2.20. The number of pyridine rings is 1. The fourth-order valence-electron chi connectivity index (χ4n) is 5.93. The normalized spacial score (nSPS) is 20.6. The van der Waals surface area contributed by atoms with Crippen molar-refractivity contribution in [1.29, 1.82) is 0 Å². The van der Waals surface area contributed by atoms with Crippen molar-refractivity contribution < 1.29 is 26.3 Å². The number of hydrogen-bond donors (Lipinski definition) is 1. The van der Waals surface area contributed by atoms with Gasteiger partial charge in [-0.05, 0) is 56.2 Å². The van der Waals surface area contributed by atoms with Gasteiger partial charge in [-0.15, -0.1) is 0 Å². The molecule has 1 N–H and O–H groups in total. The smallest absolute Gasteiger partial charge is 0.438 e. The molecule has 6 rings (SSSR count). The van der Waals surface area contributed by atoms with Crippen molar-refractivity contribution in [3.8, 4) is 17.0 Å². The topological polar surface area (TPSA) is 107 Å². The maximum atomic E-state index is 13.3. The Hall–Kier alpha value is -3.65. The van der Waals surface area contributed by atoms with E-state index >= 15 is 0 Å². The Balaban J connectivity index is 1.25. The molecule has 224 valence electrons.